The van der Waals surface area contributed by atoms with Crippen LogP contribution in [0.4, 0.5) is 0 Å². The SMILES string of the molecule is C1=Cc2ccccc2C1.c1ccc2ncccc2c1. The number of pyridine rings is 1. The van der Waals surface area contributed by atoms with E-state index < -0.39 is 0 Å². The van der Waals surface area contributed by atoms with Crippen LogP contribution in [0.1, 0.15) is 11.1 Å². The van der Waals surface area contributed by atoms with Gasteiger partial charge in [-0.05, 0) is 29.7 Å². The first-order valence-corrected chi connectivity index (χ1v) is 6.48. The van der Waals surface area contributed by atoms with Crippen molar-refractivity contribution in [3.63, 3.8) is 0 Å². The highest BCUT2D eigenvalue weighted by molar-refractivity contribution is 5.77. The predicted octanol–water partition coefficient (Wildman–Crippen LogP) is 4.49. The Morgan fingerprint density at radius 3 is 2.47 bits per heavy atom. The van der Waals surface area contributed by atoms with Crippen molar-refractivity contribution in [2.45, 2.75) is 6.42 Å². The second kappa shape index (κ2) is 5.49. The van der Waals surface area contributed by atoms with Crippen LogP contribution in [0.25, 0.3) is 17.0 Å². The number of fused-ring (bicyclic) bond motifs is 2. The number of hydrogen-bond donors (Lipinski definition) is 0. The lowest BCUT2D eigenvalue weighted by Crippen LogP contribution is -1.76. The summed E-state index contributed by atoms with van der Waals surface area (Å²) in [6, 6.07) is 20.6. The van der Waals surface area contributed by atoms with Gasteiger partial charge in [0.05, 0.1) is 5.52 Å². The molecule has 0 aliphatic heterocycles. The molecule has 0 N–H and O–H groups in total. The molecule has 4 rings (SSSR count). The summed E-state index contributed by atoms with van der Waals surface area (Å²) in [6.45, 7) is 0. The molecule has 3 aromatic rings. The smallest absolute Gasteiger partial charge is 0.0701 e. The highest BCUT2D eigenvalue weighted by atomic mass is 14.6. The van der Waals surface area contributed by atoms with Gasteiger partial charge in [-0.25, -0.2) is 0 Å². The quantitative estimate of drug-likeness (QED) is 0.568. The van der Waals surface area contributed by atoms with E-state index >= 15 is 0 Å². The van der Waals surface area contributed by atoms with Crippen molar-refractivity contribution < 1.29 is 0 Å². The van der Waals surface area contributed by atoms with Gasteiger partial charge in [0.2, 0.25) is 0 Å². The predicted molar refractivity (Wildman–Crippen MR) is 80.9 cm³/mol. The number of aromatic nitrogens is 1. The Bertz CT molecular complexity index is 648. The molecule has 92 valence electrons. The molecular weight excluding hydrogens is 230 g/mol. The number of hydrogen-bond acceptors (Lipinski definition) is 1. The summed E-state index contributed by atoms with van der Waals surface area (Å²) < 4.78 is 0. The van der Waals surface area contributed by atoms with E-state index in [1.54, 1.807) is 0 Å². The second-order valence-electron chi connectivity index (χ2n) is 4.50. The van der Waals surface area contributed by atoms with E-state index in [0.29, 0.717) is 0 Å². The maximum Gasteiger partial charge on any atom is 0.0701 e. The largest absolute Gasteiger partial charge is 0.256 e. The van der Waals surface area contributed by atoms with Crippen LogP contribution < -0.4 is 0 Å². The van der Waals surface area contributed by atoms with Crippen molar-refractivity contribution in [1.82, 2.24) is 4.98 Å². The standard InChI is InChI=1S/C9H7N.C9H8/c1-2-6-9-8(4-1)5-3-7-10-9;1-2-5-9-7-3-6-8(9)4-1/h1-7H;1-6H,7H2. The molecule has 0 atom stereocenters. The van der Waals surface area contributed by atoms with Gasteiger partial charge in [0, 0.05) is 11.6 Å². The molecule has 1 nitrogen and oxygen atoms in total. The first kappa shape index (κ1) is 11.7. The molecule has 1 aromatic heterocycles. The summed E-state index contributed by atoms with van der Waals surface area (Å²) in [4.78, 5) is 4.18. The molecule has 0 bridgehead atoms. The Balaban J connectivity index is 0.000000117. The number of nitrogens with zero attached hydrogens (tertiary/aromatic N) is 1. The highest BCUT2D eigenvalue weighted by Gasteiger charge is 2.00. The first-order chi connectivity index (χ1) is 9.43. The van der Waals surface area contributed by atoms with E-state index in [9.17, 15) is 0 Å². The molecule has 1 aliphatic rings. The van der Waals surface area contributed by atoms with Gasteiger partial charge in [-0.15, -0.1) is 0 Å². The van der Waals surface area contributed by atoms with Crippen LogP contribution in [0.5, 0.6) is 0 Å². The van der Waals surface area contributed by atoms with E-state index in [0.717, 1.165) is 11.9 Å². The van der Waals surface area contributed by atoms with Crippen LogP contribution in [0.15, 0.2) is 72.9 Å². The maximum atomic E-state index is 4.18. The average Bonchev–Trinajstić information content (AvgIpc) is 2.96. The summed E-state index contributed by atoms with van der Waals surface area (Å²) >= 11 is 0. The van der Waals surface area contributed by atoms with Gasteiger partial charge in [-0.3, -0.25) is 4.98 Å². The van der Waals surface area contributed by atoms with Crippen molar-refractivity contribution in [3.05, 3.63) is 84.1 Å². The third-order valence-corrected chi connectivity index (χ3v) is 3.20. The minimum Gasteiger partial charge on any atom is -0.256 e. The monoisotopic (exact) mass is 245 g/mol. The van der Waals surface area contributed by atoms with Crippen LogP contribution in [0.3, 0.4) is 0 Å². The number of benzene rings is 2. The van der Waals surface area contributed by atoms with E-state index in [1.165, 1.54) is 16.5 Å². The maximum absolute atomic E-state index is 4.18. The normalized spacial score (nSPS) is 11.8. The summed E-state index contributed by atoms with van der Waals surface area (Å²) in [5.74, 6) is 0. The molecule has 2 aromatic carbocycles. The van der Waals surface area contributed by atoms with Crippen molar-refractivity contribution in [2.75, 3.05) is 0 Å². The lowest BCUT2D eigenvalue weighted by Gasteiger charge is -1.93. The lowest BCUT2D eigenvalue weighted by molar-refractivity contribution is 1.31. The third kappa shape index (κ3) is 2.71. The lowest BCUT2D eigenvalue weighted by atomic mass is 10.1. The molecule has 0 fully saturated rings. The highest BCUT2D eigenvalue weighted by Crippen LogP contribution is 2.17. The van der Waals surface area contributed by atoms with Crippen molar-refractivity contribution in [1.29, 1.82) is 0 Å². The number of allylic oxidation sites excluding steroid dienone is 1. The van der Waals surface area contributed by atoms with Gasteiger partial charge in [0.1, 0.15) is 0 Å². The Morgan fingerprint density at radius 2 is 1.58 bits per heavy atom. The minimum atomic E-state index is 1.06. The zero-order valence-corrected chi connectivity index (χ0v) is 10.7. The second-order valence-corrected chi connectivity index (χ2v) is 4.50. The summed E-state index contributed by atoms with van der Waals surface area (Å²) in [5.41, 5.74) is 3.90. The molecular formula is C18H15N. The zero-order valence-electron chi connectivity index (χ0n) is 10.7. The third-order valence-electron chi connectivity index (χ3n) is 3.20. The van der Waals surface area contributed by atoms with Crippen molar-refractivity contribution >= 4 is 17.0 Å². The van der Waals surface area contributed by atoms with Crippen LogP contribution >= 0.6 is 0 Å². The topological polar surface area (TPSA) is 12.9 Å². The zero-order chi connectivity index (χ0) is 12.9. The van der Waals surface area contributed by atoms with E-state index in [4.69, 9.17) is 0 Å². The van der Waals surface area contributed by atoms with Gasteiger partial charge in [-0.2, -0.15) is 0 Å². The Hall–Kier alpha value is -2.41. The van der Waals surface area contributed by atoms with Gasteiger partial charge in [0.15, 0.2) is 0 Å². The molecule has 19 heavy (non-hydrogen) atoms. The van der Waals surface area contributed by atoms with Crippen LogP contribution in [-0.2, 0) is 6.42 Å². The van der Waals surface area contributed by atoms with Crippen molar-refractivity contribution in [3.8, 4) is 0 Å². The molecule has 1 aliphatic carbocycles. The summed E-state index contributed by atoms with van der Waals surface area (Å²) in [5, 5.41) is 1.20. The minimum absolute atomic E-state index is 1.06. The Kier molecular flexibility index (Phi) is 3.37. The number of rotatable bonds is 0. The summed E-state index contributed by atoms with van der Waals surface area (Å²) in [7, 11) is 0. The first-order valence-electron chi connectivity index (χ1n) is 6.48. The van der Waals surface area contributed by atoms with E-state index in [-0.39, 0.29) is 0 Å². The van der Waals surface area contributed by atoms with Crippen LogP contribution in [0, 0.1) is 0 Å². The molecule has 0 spiro atoms. The van der Waals surface area contributed by atoms with Gasteiger partial charge in [-0.1, -0.05) is 60.7 Å². The molecule has 0 radical (unpaired) electrons. The fourth-order valence-corrected chi connectivity index (χ4v) is 2.21. The van der Waals surface area contributed by atoms with E-state index in [1.807, 2.05) is 30.5 Å². The van der Waals surface area contributed by atoms with Crippen LogP contribution in [0.2, 0.25) is 0 Å². The average molecular weight is 245 g/mol. The molecule has 1 heterocycles. The molecule has 1 heteroatoms. The molecule has 0 saturated carbocycles. The van der Waals surface area contributed by atoms with Gasteiger partial charge < -0.3 is 0 Å². The van der Waals surface area contributed by atoms with Crippen LogP contribution in [-0.4, -0.2) is 4.98 Å². The Labute approximate surface area is 113 Å². The molecule has 0 saturated heterocycles. The van der Waals surface area contributed by atoms with Crippen molar-refractivity contribution in [2.24, 2.45) is 0 Å². The fraction of sp³-hybridized carbons (Fsp3) is 0.0556. The van der Waals surface area contributed by atoms with Gasteiger partial charge in [0.25, 0.3) is 0 Å². The van der Waals surface area contributed by atoms with Gasteiger partial charge >= 0.3 is 0 Å². The molecule has 0 unspecified atom stereocenters. The fourth-order valence-electron chi connectivity index (χ4n) is 2.21. The number of para-hydroxylation sites is 1. The molecule has 0 amide bonds. The summed E-state index contributed by atoms with van der Waals surface area (Å²) in [6.07, 6.45) is 7.30. The Morgan fingerprint density at radius 1 is 0.789 bits per heavy atom. The van der Waals surface area contributed by atoms with E-state index in [2.05, 4.69) is 53.5 Å².